The van der Waals surface area contributed by atoms with Crippen molar-refractivity contribution in [1.29, 1.82) is 0 Å². The van der Waals surface area contributed by atoms with Crippen molar-refractivity contribution in [2.75, 3.05) is 0 Å². The van der Waals surface area contributed by atoms with Crippen molar-refractivity contribution in [3.05, 3.63) is 137 Å². The van der Waals surface area contributed by atoms with Gasteiger partial charge in [0.2, 0.25) is 0 Å². The summed E-state index contributed by atoms with van der Waals surface area (Å²) in [6, 6.07) is 36.1. The Morgan fingerprint density at radius 1 is 0.610 bits per heavy atom. The summed E-state index contributed by atoms with van der Waals surface area (Å²) in [4.78, 5) is 15.1. The summed E-state index contributed by atoms with van der Waals surface area (Å²) in [5.41, 5.74) is 14.6. The molecule has 0 spiro atoms. The third-order valence-electron chi connectivity index (χ3n) is 11.3. The van der Waals surface area contributed by atoms with E-state index in [0.29, 0.717) is 0 Å². The molecule has 7 aromatic rings. The maximum Gasteiger partial charge on any atom is 0.128 e. The smallest absolute Gasteiger partial charge is 0.128 e. The Morgan fingerprint density at radius 2 is 1.20 bits per heavy atom. The molecule has 0 saturated carbocycles. The van der Waals surface area contributed by atoms with Gasteiger partial charge >= 0.3 is 0 Å². The number of benzene rings is 4. The number of hydrogen-bond acceptors (Lipinski definition) is 4. The molecule has 6 heteroatoms. The molecule has 7 rings (SSSR count). The number of fused-ring (bicyclic) bond motifs is 1. The molecule has 1 N–H and O–H groups in total. The van der Waals surface area contributed by atoms with Crippen LogP contribution in [0.25, 0.3) is 61.8 Å². The molecule has 0 radical (unpaired) electrons. The molecule has 0 aliphatic carbocycles. The van der Waals surface area contributed by atoms with Crippen LogP contribution >= 0.6 is 0 Å². The zero-order valence-electron chi connectivity index (χ0n) is 37.0. The Balaban J connectivity index is 0.00000585. The number of aromatic hydroxyl groups is 1. The summed E-state index contributed by atoms with van der Waals surface area (Å²) in [5.74, 6) is 1.57. The number of nitrogens with zero attached hydrogens (tertiary/aromatic N) is 4. The normalized spacial score (nSPS) is 12.4. The molecule has 0 fully saturated rings. The molecule has 3 heterocycles. The molecule has 4 aromatic carbocycles. The molecule has 5 nitrogen and oxygen atoms in total. The van der Waals surface area contributed by atoms with E-state index in [1.807, 2.05) is 12.4 Å². The van der Waals surface area contributed by atoms with E-state index in [-0.39, 0.29) is 54.9 Å². The van der Waals surface area contributed by atoms with Crippen LogP contribution in [0.4, 0.5) is 0 Å². The minimum absolute atomic E-state index is 0. The summed E-state index contributed by atoms with van der Waals surface area (Å²) in [7, 11) is 0. The van der Waals surface area contributed by atoms with Crippen molar-refractivity contribution in [2.24, 2.45) is 0 Å². The van der Waals surface area contributed by atoms with Crippen LogP contribution in [0.15, 0.2) is 103 Å². The van der Waals surface area contributed by atoms with Crippen LogP contribution < -0.4 is 0 Å². The molecule has 0 aliphatic rings. The van der Waals surface area contributed by atoms with Gasteiger partial charge in [0.1, 0.15) is 5.75 Å². The average Bonchev–Trinajstić information content (AvgIpc) is 3.56. The van der Waals surface area contributed by atoms with Crippen LogP contribution in [-0.2, 0) is 37.3 Å². The molecule has 0 amide bonds. The van der Waals surface area contributed by atoms with Crippen molar-refractivity contribution >= 4 is 11.0 Å². The Bertz CT molecular complexity index is 2600. The van der Waals surface area contributed by atoms with Gasteiger partial charge in [0.15, 0.2) is 0 Å². The van der Waals surface area contributed by atoms with Crippen LogP contribution in [0, 0.1) is 6.07 Å². The van der Waals surface area contributed by atoms with Crippen molar-refractivity contribution in [3.8, 4) is 56.5 Å². The van der Waals surface area contributed by atoms with E-state index >= 15 is 0 Å². The van der Waals surface area contributed by atoms with Gasteiger partial charge in [0, 0.05) is 49.8 Å². The number of hydrogen-bond donors (Lipinski definition) is 1. The third-order valence-corrected chi connectivity index (χ3v) is 11.3. The van der Waals surface area contributed by atoms with E-state index in [1.54, 1.807) is 0 Å². The van der Waals surface area contributed by atoms with Gasteiger partial charge in [-0.25, -0.2) is 0 Å². The van der Waals surface area contributed by atoms with Gasteiger partial charge < -0.3 is 9.67 Å². The topological polar surface area (TPSA) is 63.8 Å². The minimum Gasteiger partial charge on any atom is -0.507 e. The third kappa shape index (κ3) is 8.73. The standard InChI is InChI=1S/C53H59N4O.Pt/c1-32(2)40-25-37(34-18-15-14-16-19-34)26-41(33(3)4)48(40)57-47-22-23-54-31-46(47)56-50(57)36-21-17-20-35(24-36)44-29-39(52(8,9)10)30-45(55-44)42-27-38(51(5,6)7)28-43(49(42)58)53(11,12)13;/h14-23,25-33,58H,1-13H3;/q-1;. The number of rotatable bonds is 7. The fraction of sp³-hybridized carbons (Fsp3) is 0.340. The van der Waals surface area contributed by atoms with E-state index in [4.69, 9.17) is 9.97 Å². The Labute approximate surface area is 366 Å². The fourth-order valence-corrected chi connectivity index (χ4v) is 7.78. The van der Waals surface area contributed by atoms with E-state index < -0.39 is 0 Å². The summed E-state index contributed by atoms with van der Waals surface area (Å²) >= 11 is 0. The molecular formula is C53H59N4OPt-. The monoisotopic (exact) mass is 962 g/mol. The van der Waals surface area contributed by atoms with Gasteiger partial charge in [-0.3, -0.25) is 15.0 Å². The quantitative estimate of drug-likeness (QED) is 0.162. The number of phenolic OH excluding ortho intramolecular Hbond substituents is 1. The number of imidazole rings is 1. The SMILES string of the molecule is CC(C)c1cc(-c2ccccc2)cc(C(C)C)c1-n1c(-c2[c-]c(-c3cc(C(C)(C)C)cc(-c4cc(C(C)(C)C)cc(C(C)(C)C)c4O)n3)ccc2)nc2cnccc21.[Pt]. The molecule has 0 aliphatic heterocycles. The Kier molecular flexibility index (Phi) is 12.1. The first-order valence-electron chi connectivity index (χ1n) is 20.7. The molecule has 3 aromatic heterocycles. The van der Waals surface area contributed by atoms with Crippen molar-refractivity contribution in [2.45, 2.75) is 118 Å². The second-order valence-electron chi connectivity index (χ2n) is 19.6. The predicted molar refractivity (Wildman–Crippen MR) is 243 cm³/mol. The first-order chi connectivity index (χ1) is 27.2. The molecule has 308 valence electrons. The maximum atomic E-state index is 12.0. The zero-order valence-corrected chi connectivity index (χ0v) is 39.3. The second kappa shape index (κ2) is 16.3. The van der Waals surface area contributed by atoms with Crippen LogP contribution in [0.1, 0.15) is 130 Å². The zero-order chi connectivity index (χ0) is 41.9. The summed E-state index contributed by atoms with van der Waals surface area (Å²) in [6.45, 7) is 28.9. The maximum absolute atomic E-state index is 12.0. The van der Waals surface area contributed by atoms with Gasteiger partial charge in [0.05, 0.1) is 28.7 Å². The second-order valence-corrected chi connectivity index (χ2v) is 19.6. The van der Waals surface area contributed by atoms with E-state index in [2.05, 4.69) is 197 Å². The Morgan fingerprint density at radius 3 is 1.80 bits per heavy atom. The minimum atomic E-state index is -0.264. The average molecular weight is 963 g/mol. The fourth-order valence-electron chi connectivity index (χ4n) is 7.78. The summed E-state index contributed by atoms with van der Waals surface area (Å²) in [6.07, 6.45) is 3.71. The first-order valence-corrected chi connectivity index (χ1v) is 20.7. The van der Waals surface area contributed by atoms with E-state index in [9.17, 15) is 5.11 Å². The van der Waals surface area contributed by atoms with Crippen LogP contribution in [0.5, 0.6) is 5.75 Å². The van der Waals surface area contributed by atoms with Gasteiger partial charge in [0.25, 0.3) is 0 Å². The molecule has 0 bridgehead atoms. The van der Waals surface area contributed by atoms with E-state index in [0.717, 1.165) is 67.3 Å². The van der Waals surface area contributed by atoms with Crippen LogP contribution in [0.3, 0.4) is 0 Å². The van der Waals surface area contributed by atoms with Crippen molar-refractivity contribution in [3.63, 3.8) is 0 Å². The molecular weight excluding hydrogens is 904 g/mol. The molecule has 59 heavy (non-hydrogen) atoms. The largest absolute Gasteiger partial charge is 0.507 e. The number of phenols is 1. The molecule has 0 atom stereocenters. The van der Waals surface area contributed by atoms with Gasteiger partial charge in [-0.1, -0.05) is 144 Å². The molecule has 0 unspecified atom stereocenters. The summed E-state index contributed by atoms with van der Waals surface area (Å²) < 4.78 is 2.33. The van der Waals surface area contributed by atoms with Crippen LogP contribution in [-0.4, -0.2) is 24.6 Å². The van der Waals surface area contributed by atoms with Crippen molar-refractivity contribution in [1.82, 2.24) is 19.5 Å². The van der Waals surface area contributed by atoms with Crippen LogP contribution in [0.2, 0.25) is 0 Å². The molecule has 0 saturated heterocycles. The van der Waals surface area contributed by atoms with Gasteiger partial charge in [-0.15, -0.1) is 24.3 Å². The first kappa shape index (κ1) is 43.7. The predicted octanol–water partition coefficient (Wildman–Crippen LogP) is 14.1. The summed E-state index contributed by atoms with van der Waals surface area (Å²) in [5, 5.41) is 12.0. The Hall–Kier alpha value is -4.86. The number of pyridine rings is 2. The number of aromatic nitrogens is 4. The van der Waals surface area contributed by atoms with Crippen molar-refractivity contribution < 1.29 is 26.2 Å². The van der Waals surface area contributed by atoms with Gasteiger partial charge in [-0.2, -0.15) is 0 Å². The van der Waals surface area contributed by atoms with E-state index in [1.165, 1.54) is 22.3 Å². The van der Waals surface area contributed by atoms with Gasteiger partial charge in [-0.05, 0) is 91.8 Å².